The fourth-order valence-electron chi connectivity index (χ4n) is 1.95. The van der Waals surface area contributed by atoms with Crippen LogP contribution in [0.15, 0.2) is 15.5 Å². The molecule has 0 aliphatic heterocycles. The Morgan fingerprint density at radius 2 is 2.05 bits per heavy atom. The van der Waals surface area contributed by atoms with Crippen LogP contribution in [0.1, 0.15) is 34.1 Å². The average molecular weight is 346 g/mol. The van der Waals surface area contributed by atoms with Crippen molar-refractivity contribution < 1.29 is 5.11 Å². The van der Waals surface area contributed by atoms with Crippen molar-refractivity contribution in [2.45, 2.75) is 46.7 Å². The van der Waals surface area contributed by atoms with Crippen LogP contribution in [0.5, 0.6) is 0 Å². The highest BCUT2D eigenvalue weighted by Gasteiger charge is 2.16. The number of anilines is 1. The van der Waals surface area contributed by atoms with E-state index in [1.807, 2.05) is 13.8 Å². The fourth-order valence-corrected chi connectivity index (χ4v) is 2.37. The number of aliphatic hydroxyl groups excluding tert-OH is 1. The average Bonchev–Trinajstić information content (AvgIpc) is 2.36. The van der Waals surface area contributed by atoms with Crippen molar-refractivity contribution >= 4 is 21.6 Å². The number of rotatable bonds is 7. The van der Waals surface area contributed by atoms with E-state index in [0.29, 0.717) is 35.0 Å². The van der Waals surface area contributed by atoms with E-state index in [9.17, 15) is 4.79 Å². The smallest absolute Gasteiger partial charge is 0.283 e. The Bertz CT molecular complexity index is 486. The molecule has 1 atom stereocenters. The molecule has 0 spiro atoms. The Kier molecular flexibility index (Phi) is 6.68. The van der Waals surface area contributed by atoms with Crippen LogP contribution >= 0.6 is 15.9 Å². The summed E-state index contributed by atoms with van der Waals surface area (Å²) in [4.78, 5) is 12.2. The summed E-state index contributed by atoms with van der Waals surface area (Å²) in [7, 11) is 0. The SMILES string of the molecule is CC(C)Cn1ncc(NC(CCO)C(C)C)c(Br)c1=O. The predicted octanol–water partition coefficient (Wildman–Crippen LogP) is 2.48. The van der Waals surface area contributed by atoms with E-state index >= 15 is 0 Å². The second-order valence-electron chi connectivity index (χ2n) is 5.76. The molecule has 114 valence electrons. The van der Waals surface area contributed by atoms with E-state index in [4.69, 9.17) is 5.11 Å². The first-order valence-electron chi connectivity index (χ1n) is 6.99. The minimum absolute atomic E-state index is 0.110. The fraction of sp³-hybridized carbons (Fsp3) is 0.714. The molecule has 6 heteroatoms. The molecule has 1 heterocycles. The molecule has 0 saturated heterocycles. The maximum absolute atomic E-state index is 12.2. The van der Waals surface area contributed by atoms with Crippen molar-refractivity contribution in [3.63, 3.8) is 0 Å². The number of nitrogens with zero attached hydrogens (tertiary/aromatic N) is 2. The topological polar surface area (TPSA) is 67.2 Å². The van der Waals surface area contributed by atoms with E-state index in [0.717, 1.165) is 0 Å². The van der Waals surface area contributed by atoms with Crippen molar-refractivity contribution in [2.75, 3.05) is 11.9 Å². The molecule has 0 saturated carbocycles. The Hall–Kier alpha value is -0.880. The van der Waals surface area contributed by atoms with Crippen molar-refractivity contribution in [1.82, 2.24) is 9.78 Å². The Balaban J connectivity index is 2.97. The van der Waals surface area contributed by atoms with Crippen LogP contribution in [0.3, 0.4) is 0 Å². The number of nitrogens with one attached hydrogen (secondary N) is 1. The second-order valence-corrected chi connectivity index (χ2v) is 6.55. The van der Waals surface area contributed by atoms with Crippen molar-refractivity contribution in [1.29, 1.82) is 0 Å². The van der Waals surface area contributed by atoms with Gasteiger partial charge in [-0.05, 0) is 34.2 Å². The Morgan fingerprint density at radius 3 is 2.55 bits per heavy atom. The molecule has 0 aliphatic rings. The van der Waals surface area contributed by atoms with Crippen molar-refractivity contribution in [2.24, 2.45) is 11.8 Å². The third-order valence-corrected chi connectivity index (χ3v) is 3.88. The first-order valence-corrected chi connectivity index (χ1v) is 7.79. The van der Waals surface area contributed by atoms with Gasteiger partial charge in [0, 0.05) is 19.2 Å². The summed E-state index contributed by atoms with van der Waals surface area (Å²) in [6.45, 7) is 8.96. The highest BCUT2D eigenvalue weighted by Crippen LogP contribution is 2.20. The second kappa shape index (κ2) is 7.78. The highest BCUT2D eigenvalue weighted by molar-refractivity contribution is 9.10. The summed E-state index contributed by atoms with van der Waals surface area (Å²) in [5, 5.41) is 16.6. The minimum Gasteiger partial charge on any atom is -0.396 e. The van der Waals surface area contributed by atoms with Gasteiger partial charge in [0.05, 0.1) is 11.9 Å². The lowest BCUT2D eigenvalue weighted by molar-refractivity contribution is 0.267. The van der Waals surface area contributed by atoms with Gasteiger partial charge in [-0.15, -0.1) is 0 Å². The molecule has 2 N–H and O–H groups in total. The largest absolute Gasteiger partial charge is 0.396 e. The summed E-state index contributed by atoms with van der Waals surface area (Å²) >= 11 is 3.35. The Labute approximate surface area is 128 Å². The van der Waals surface area contributed by atoms with E-state index in [-0.39, 0.29) is 18.2 Å². The monoisotopic (exact) mass is 345 g/mol. The van der Waals surface area contributed by atoms with Gasteiger partial charge in [-0.2, -0.15) is 5.10 Å². The van der Waals surface area contributed by atoms with Crippen LogP contribution in [0.2, 0.25) is 0 Å². The molecule has 0 radical (unpaired) electrons. The first kappa shape index (κ1) is 17.2. The molecule has 20 heavy (non-hydrogen) atoms. The molecule has 5 nitrogen and oxygen atoms in total. The highest BCUT2D eigenvalue weighted by atomic mass is 79.9. The van der Waals surface area contributed by atoms with E-state index in [1.54, 1.807) is 6.20 Å². The van der Waals surface area contributed by atoms with Crippen LogP contribution in [0.25, 0.3) is 0 Å². The summed E-state index contributed by atoms with van der Waals surface area (Å²) in [5.74, 6) is 0.718. The van der Waals surface area contributed by atoms with Gasteiger partial charge in [0.1, 0.15) is 4.47 Å². The van der Waals surface area contributed by atoms with E-state index in [1.165, 1.54) is 4.68 Å². The number of aromatic nitrogens is 2. The zero-order valence-electron chi connectivity index (χ0n) is 12.6. The zero-order chi connectivity index (χ0) is 15.3. The molecule has 0 bridgehead atoms. The summed E-state index contributed by atoms with van der Waals surface area (Å²) in [5.41, 5.74) is 0.553. The quantitative estimate of drug-likeness (QED) is 0.796. The molecule has 0 amide bonds. The summed E-state index contributed by atoms with van der Waals surface area (Å²) in [6.07, 6.45) is 2.31. The third-order valence-electron chi connectivity index (χ3n) is 3.11. The van der Waals surface area contributed by atoms with Gasteiger partial charge in [0.15, 0.2) is 0 Å². The van der Waals surface area contributed by atoms with E-state index in [2.05, 4.69) is 40.2 Å². The van der Waals surface area contributed by atoms with Gasteiger partial charge in [0.2, 0.25) is 0 Å². The minimum atomic E-state index is -0.129. The molecule has 1 aromatic rings. The molecule has 0 aliphatic carbocycles. The number of hydrogen-bond acceptors (Lipinski definition) is 4. The summed E-state index contributed by atoms with van der Waals surface area (Å²) < 4.78 is 1.97. The van der Waals surface area contributed by atoms with Crippen molar-refractivity contribution in [3.8, 4) is 0 Å². The molecule has 1 aromatic heterocycles. The molecule has 1 rings (SSSR count). The van der Waals surface area contributed by atoms with Gasteiger partial charge in [-0.25, -0.2) is 4.68 Å². The van der Waals surface area contributed by atoms with Crippen LogP contribution in [-0.2, 0) is 6.54 Å². The molecular formula is C14H24BrN3O2. The maximum atomic E-state index is 12.2. The van der Waals surface area contributed by atoms with Gasteiger partial charge in [-0.3, -0.25) is 4.79 Å². The predicted molar refractivity (Wildman–Crippen MR) is 85.0 cm³/mol. The molecule has 0 fully saturated rings. The van der Waals surface area contributed by atoms with Gasteiger partial charge in [-0.1, -0.05) is 27.7 Å². The maximum Gasteiger partial charge on any atom is 0.283 e. The molecule has 0 aromatic carbocycles. The van der Waals surface area contributed by atoms with Crippen LogP contribution in [-0.4, -0.2) is 27.5 Å². The van der Waals surface area contributed by atoms with Gasteiger partial charge < -0.3 is 10.4 Å². The molecular weight excluding hydrogens is 322 g/mol. The van der Waals surface area contributed by atoms with Gasteiger partial charge in [0.25, 0.3) is 5.56 Å². The zero-order valence-corrected chi connectivity index (χ0v) is 14.1. The number of aliphatic hydroxyl groups is 1. The number of hydrogen-bond donors (Lipinski definition) is 2. The Morgan fingerprint density at radius 1 is 1.40 bits per heavy atom. The van der Waals surface area contributed by atoms with Crippen LogP contribution in [0.4, 0.5) is 5.69 Å². The summed E-state index contributed by atoms with van der Waals surface area (Å²) in [6, 6.07) is 0.110. The normalized spacial score (nSPS) is 13.0. The number of halogens is 1. The first-order chi connectivity index (χ1) is 9.36. The molecule has 1 unspecified atom stereocenters. The third kappa shape index (κ3) is 4.59. The lowest BCUT2D eigenvalue weighted by atomic mass is 10.0. The van der Waals surface area contributed by atoms with E-state index < -0.39 is 0 Å². The van der Waals surface area contributed by atoms with Crippen LogP contribution < -0.4 is 10.9 Å². The van der Waals surface area contributed by atoms with Crippen molar-refractivity contribution in [3.05, 3.63) is 21.0 Å². The van der Waals surface area contributed by atoms with Crippen LogP contribution in [0, 0.1) is 11.8 Å². The van der Waals surface area contributed by atoms with Gasteiger partial charge >= 0.3 is 0 Å². The standard InChI is InChI=1S/C14H24BrN3O2/c1-9(2)8-18-14(20)13(15)12(7-16-18)17-11(5-6-19)10(3)4/h7,9-11,17,19H,5-6,8H2,1-4H3. The lowest BCUT2D eigenvalue weighted by Crippen LogP contribution is -2.30. The lowest BCUT2D eigenvalue weighted by Gasteiger charge is -2.23.